The molecule has 6 nitrogen and oxygen atoms in total. The zero-order valence-corrected chi connectivity index (χ0v) is 17.4. The van der Waals surface area contributed by atoms with Crippen molar-refractivity contribution in [3.05, 3.63) is 83.8 Å². The number of pyridine rings is 1. The zero-order chi connectivity index (χ0) is 20.8. The Morgan fingerprint density at radius 1 is 1.17 bits per heavy atom. The summed E-state index contributed by atoms with van der Waals surface area (Å²) in [6.45, 7) is 2.57. The van der Waals surface area contributed by atoms with Crippen molar-refractivity contribution in [2.24, 2.45) is 0 Å². The van der Waals surface area contributed by atoms with Gasteiger partial charge in [-0.1, -0.05) is 36.4 Å². The molecule has 3 aromatic rings. The van der Waals surface area contributed by atoms with E-state index < -0.39 is 0 Å². The van der Waals surface area contributed by atoms with Gasteiger partial charge >= 0.3 is 0 Å². The molecule has 6 heteroatoms. The number of amides is 1. The maximum Gasteiger partial charge on any atom is 0.236 e. The smallest absolute Gasteiger partial charge is 0.236 e. The average molecular weight is 405 g/mol. The van der Waals surface area contributed by atoms with Crippen LogP contribution in [0.25, 0.3) is 0 Å². The number of carbonyl (C=O) groups is 1. The van der Waals surface area contributed by atoms with Crippen LogP contribution in [0, 0.1) is 0 Å². The first-order valence-corrected chi connectivity index (χ1v) is 10.5. The summed E-state index contributed by atoms with van der Waals surface area (Å²) in [5.74, 6) is 1.94. The molecular weight excluding hydrogens is 376 g/mol. The Bertz CT molecular complexity index is 942. The molecule has 0 saturated carbocycles. The highest BCUT2D eigenvalue weighted by Crippen LogP contribution is 2.27. The molecule has 0 N–H and O–H groups in total. The molecule has 1 atom stereocenters. The molecule has 3 heterocycles. The molecule has 4 rings (SSSR count). The Labute approximate surface area is 177 Å². The van der Waals surface area contributed by atoms with Crippen LogP contribution < -0.4 is 0 Å². The van der Waals surface area contributed by atoms with Crippen LogP contribution in [0.1, 0.15) is 41.5 Å². The zero-order valence-electron chi connectivity index (χ0n) is 17.4. The van der Waals surface area contributed by atoms with Gasteiger partial charge in [-0.25, -0.2) is 4.98 Å². The van der Waals surface area contributed by atoms with Gasteiger partial charge in [0.2, 0.25) is 5.91 Å². The number of hydrogen-bond donors (Lipinski definition) is 0. The summed E-state index contributed by atoms with van der Waals surface area (Å²) in [5.41, 5.74) is 2.31. The van der Waals surface area contributed by atoms with Gasteiger partial charge in [0.15, 0.2) is 5.89 Å². The fourth-order valence-electron chi connectivity index (χ4n) is 3.99. The summed E-state index contributed by atoms with van der Waals surface area (Å²) in [4.78, 5) is 25.5. The molecule has 1 fully saturated rings. The van der Waals surface area contributed by atoms with Crippen LogP contribution in [-0.2, 0) is 17.8 Å². The van der Waals surface area contributed by atoms with Gasteiger partial charge in [0.05, 0.1) is 18.7 Å². The third-order valence-electron chi connectivity index (χ3n) is 5.50. The lowest BCUT2D eigenvalue weighted by atomic mass is 9.98. The number of likely N-dealkylation sites (N-methyl/N-ethyl adjacent to an activating group) is 1. The van der Waals surface area contributed by atoms with Crippen molar-refractivity contribution < 1.29 is 9.21 Å². The Morgan fingerprint density at radius 2 is 2.00 bits per heavy atom. The van der Waals surface area contributed by atoms with Crippen LogP contribution in [0.5, 0.6) is 0 Å². The van der Waals surface area contributed by atoms with E-state index in [1.807, 2.05) is 59.6 Å². The second-order valence-electron chi connectivity index (χ2n) is 8.04. The first-order chi connectivity index (χ1) is 14.7. The lowest BCUT2D eigenvalue weighted by Gasteiger charge is -2.32. The standard InChI is InChI=1S/C24H28N4O2/c1-27(16-20-9-5-11-25-14-20)18-23(29)28-12-6-10-21(17-28)24-26-15-22(30-24)13-19-7-3-2-4-8-19/h2-5,7-9,11,14-15,21H,6,10,12-13,16-18H2,1H3. The summed E-state index contributed by atoms with van der Waals surface area (Å²) < 4.78 is 6.05. The second kappa shape index (κ2) is 9.67. The molecule has 1 aliphatic rings. The van der Waals surface area contributed by atoms with Crippen molar-refractivity contribution in [2.45, 2.75) is 31.7 Å². The van der Waals surface area contributed by atoms with E-state index in [4.69, 9.17) is 4.42 Å². The van der Waals surface area contributed by atoms with Crippen molar-refractivity contribution in [1.29, 1.82) is 0 Å². The van der Waals surface area contributed by atoms with Crippen LogP contribution in [0.4, 0.5) is 0 Å². The number of aromatic nitrogens is 2. The van der Waals surface area contributed by atoms with Gasteiger partial charge in [-0.05, 0) is 37.1 Å². The summed E-state index contributed by atoms with van der Waals surface area (Å²) in [5, 5.41) is 0. The molecule has 30 heavy (non-hydrogen) atoms. The highest BCUT2D eigenvalue weighted by atomic mass is 16.4. The van der Waals surface area contributed by atoms with Gasteiger partial charge in [0.1, 0.15) is 5.76 Å². The van der Waals surface area contributed by atoms with Crippen molar-refractivity contribution >= 4 is 5.91 Å². The second-order valence-corrected chi connectivity index (χ2v) is 8.04. The van der Waals surface area contributed by atoms with Gasteiger partial charge in [-0.15, -0.1) is 0 Å². The molecule has 156 valence electrons. The highest BCUT2D eigenvalue weighted by Gasteiger charge is 2.28. The lowest BCUT2D eigenvalue weighted by Crippen LogP contribution is -2.43. The van der Waals surface area contributed by atoms with Crippen LogP contribution in [0.15, 0.2) is 65.5 Å². The first kappa shape index (κ1) is 20.3. The van der Waals surface area contributed by atoms with Gasteiger partial charge in [-0.3, -0.25) is 14.7 Å². The molecule has 0 radical (unpaired) electrons. The molecule has 1 saturated heterocycles. The number of oxazole rings is 1. The fourth-order valence-corrected chi connectivity index (χ4v) is 3.99. The number of rotatable bonds is 7. The Balaban J connectivity index is 1.32. The van der Waals surface area contributed by atoms with Gasteiger partial charge < -0.3 is 9.32 Å². The average Bonchev–Trinajstić information content (AvgIpc) is 3.24. The van der Waals surface area contributed by atoms with E-state index in [1.165, 1.54) is 5.56 Å². The van der Waals surface area contributed by atoms with Crippen LogP contribution in [-0.4, -0.2) is 52.4 Å². The Morgan fingerprint density at radius 3 is 2.80 bits per heavy atom. The van der Waals surface area contributed by atoms with Crippen molar-refractivity contribution in [2.75, 3.05) is 26.7 Å². The molecule has 1 aliphatic heterocycles. The van der Waals surface area contributed by atoms with E-state index in [1.54, 1.807) is 6.20 Å². The van der Waals surface area contributed by atoms with E-state index in [9.17, 15) is 4.79 Å². The summed E-state index contributed by atoms with van der Waals surface area (Å²) in [6.07, 6.45) is 8.14. The monoisotopic (exact) mass is 404 g/mol. The highest BCUT2D eigenvalue weighted by molar-refractivity contribution is 5.78. The third-order valence-corrected chi connectivity index (χ3v) is 5.50. The molecule has 1 unspecified atom stereocenters. The lowest BCUT2D eigenvalue weighted by molar-refractivity contribution is -0.133. The molecule has 1 amide bonds. The topological polar surface area (TPSA) is 62.5 Å². The number of benzene rings is 1. The maximum absolute atomic E-state index is 12.8. The SMILES string of the molecule is CN(CC(=O)N1CCCC(c2ncc(Cc3ccccc3)o2)C1)Cc1cccnc1. The molecule has 0 spiro atoms. The quantitative estimate of drug-likeness (QED) is 0.603. The number of piperidine rings is 1. The van der Waals surface area contributed by atoms with Crippen molar-refractivity contribution in [3.63, 3.8) is 0 Å². The van der Waals surface area contributed by atoms with E-state index in [0.717, 1.165) is 43.0 Å². The number of carbonyl (C=O) groups excluding carboxylic acids is 1. The number of likely N-dealkylation sites (tertiary alicyclic amines) is 1. The van der Waals surface area contributed by atoms with Crippen LogP contribution >= 0.6 is 0 Å². The minimum absolute atomic E-state index is 0.155. The van der Waals surface area contributed by atoms with Crippen LogP contribution in [0.3, 0.4) is 0 Å². The molecule has 0 aliphatic carbocycles. The van der Waals surface area contributed by atoms with E-state index in [0.29, 0.717) is 19.6 Å². The minimum atomic E-state index is 0.155. The summed E-state index contributed by atoms with van der Waals surface area (Å²) in [7, 11) is 1.97. The largest absolute Gasteiger partial charge is 0.445 e. The van der Waals surface area contributed by atoms with Crippen molar-refractivity contribution in [1.82, 2.24) is 19.8 Å². The predicted octanol–water partition coefficient (Wildman–Crippen LogP) is 3.50. The number of nitrogens with zero attached hydrogens (tertiary/aromatic N) is 4. The normalized spacial score (nSPS) is 16.7. The maximum atomic E-state index is 12.8. The fraction of sp³-hybridized carbons (Fsp3) is 0.375. The van der Waals surface area contributed by atoms with Crippen molar-refractivity contribution in [3.8, 4) is 0 Å². The Hall–Kier alpha value is -2.99. The van der Waals surface area contributed by atoms with Gasteiger partial charge in [0, 0.05) is 38.4 Å². The van der Waals surface area contributed by atoms with Gasteiger partial charge in [0.25, 0.3) is 0 Å². The molecule has 1 aromatic carbocycles. The minimum Gasteiger partial charge on any atom is -0.445 e. The number of hydrogen-bond acceptors (Lipinski definition) is 5. The van der Waals surface area contributed by atoms with E-state index in [2.05, 4.69) is 22.1 Å². The molecular formula is C24H28N4O2. The third kappa shape index (κ3) is 5.33. The summed E-state index contributed by atoms with van der Waals surface area (Å²) >= 11 is 0. The summed E-state index contributed by atoms with van der Waals surface area (Å²) in [6, 6.07) is 14.2. The van der Waals surface area contributed by atoms with E-state index >= 15 is 0 Å². The first-order valence-electron chi connectivity index (χ1n) is 10.5. The van der Waals surface area contributed by atoms with Crippen LogP contribution in [0.2, 0.25) is 0 Å². The molecule has 2 aromatic heterocycles. The molecule has 0 bridgehead atoms. The van der Waals surface area contributed by atoms with Gasteiger partial charge in [-0.2, -0.15) is 0 Å². The predicted molar refractivity (Wildman–Crippen MR) is 115 cm³/mol. The van der Waals surface area contributed by atoms with E-state index in [-0.39, 0.29) is 11.8 Å². The Kier molecular flexibility index (Phi) is 6.54.